The van der Waals surface area contributed by atoms with Gasteiger partial charge in [0.15, 0.2) is 5.78 Å². The average Bonchev–Trinajstić information content (AvgIpc) is 2.52. The van der Waals surface area contributed by atoms with E-state index in [1.807, 2.05) is 0 Å². The van der Waals surface area contributed by atoms with Crippen molar-refractivity contribution in [2.24, 2.45) is 11.8 Å². The molecule has 1 saturated heterocycles. The number of ketones is 1. The standard InChI is InChI=1S/C9H13NO2/c1-5-7-3-8(6(2)12)10(4-11)9(5)7/h4-5,7-9H,3H2,1-2H3/t5-,7?,8?,9?/m0/s1. The van der Waals surface area contributed by atoms with E-state index in [1.165, 1.54) is 0 Å². The molecule has 2 aliphatic rings. The Morgan fingerprint density at radius 1 is 1.58 bits per heavy atom. The molecular weight excluding hydrogens is 154 g/mol. The van der Waals surface area contributed by atoms with Crippen LogP contribution in [0.1, 0.15) is 20.3 Å². The highest BCUT2D eigenvalue weighted by atomic mass is 16.1. The zero-order chi connectivity index (χ0) is 8.88. The highest BCUT2D eigenvalue weighted by molar-refractivity contribution is 5.84. The molecule has 0 spiro atoms. The van der Waals surface area contributed by atoms with E-state index in [9.17, 15) is 9.59 Å². The van der Waals surface area contributed by atoms with Crippen molar-refractivity contribution in [3.8, 4) is 0 Å². The SMILES string of the molecule is CC(=O)C1CC2C([C@H]2C)N1C=O. The van der Waals surface area contributed by atoms with E-state index in [2.05, 4.69) is 6.92 Å². The van der Waals surface area contributed by atoms with Crippen molar-refractivity contribution < 1.29 is 9.59 Å². The van der Waals surface area contributed by atoms with Crippen molar-refractivity contribution >= 4 is 12.2 Å². The van der Waals surface area contributed by atoms with Crippen molar-refractivity contribution in [3.05, 3.63) is 0 Å². The Balaban J connectivity index is 2.13. The fourth-order valence-electron chi connectivity index (χ4n) is 2.48. The van der Waals surface area contributed by atoms with Gasteiger partial charge in [-0.05, 0) is 25.2 Å². The number of nitrogens with zero attached hydrogens (tertiary/aromatic N) is 1. The van der Waals surface area contributed by atoms with Crippen LogP contribution in [0.2, 0.25) is 0 Å². The number of amides is 1. The molecule has 2 rings (SSSR count). The second kappa shape index (κ2) is 2.31. The Hall–Kier alpha value is -0.860. The number of hydrogen-bond donors (Lipinski definition) is 0. The molecule has 1 amide bonds. The third-order valence-electron chi connectivity index (χ3n) is 3.30. The fraction of sp³-hybridized carbons (Fsp3) is 0.778. The zero-order valence-corrected chi connectivity index (χ0v) is 7.36. The van der Waals surface area contributed by atoms with Crippen LogP contribution in [0.4, 0.5) is 0 Å². The highest BCUT2D eigenvalue weighted by Gasteiger charge is 2.58. The molecule has 12 heavy (non-hydrogen) atoms. The first-order valence-electron chi connectivity index (χ1n) is 4.40. The minimum absolute atomic E-state index is 0.117. The summed E-state index contributed by atoms with van der Waals surface area (Å²) in [6, 6.07) is 0.255. The molecule has 1 aliphatic carbocycles. The van der Waals surface area contributed by atoms with E-state index in [0.29, 0.717) is 17.9 Å². The maximum absolute atomic E-state index is 11.1. The molecule has 0 aromatic rings. The highest BCUT2D eigenvalue weighted by Crippen LogP contribution is 2.52. The van der Waals surface area contributed by atoms with E-state index in [4.69, 9.17) is 0 Å². The quantitative estimate of drug-likeness (QED) is 0.560. The molecule has 0 N–H and O–H groups in total. The molecule has 0 aromatic heterocycles. The van der Waals surface area contributed by atoms with Gasteiger partial charge in [0, 0.05) is 6.04 Å². The lowest BCUT2D eigenvalue weighted by atomic mass is 10.1. The summed E-state index contributed by atoms with van der Waals surface area (Å²) >= 11 is 0. The topological polar surface area (TPSA) is 37.4 Å². The molecule has 2 fully saturated rings. The summed E-state index contributed by atoms with van der Waals surface area (Å²) in [5, 5.41) is 0. The molecule has 1 aliphatic heterocycles. The maximum Gasteiger partial charge on any atom is 0.210 e. The van der Waals surface area contributed by atoms with Crippen molar-refractivity contribution in [2.75, 3.05) is 0 Å². The van der Waals surface area contributed by atoms with Gasteiger partial charge < -0.3 is 4.90 Å². The predicted molar refractivity (Wildman–Crippen MR) is 43.4 cm³/mol. The van der Waals surface area contributed by atoms with Crippen LogP contribution in [0, 0.1) is 11.8 Å². The first kappa shape index (κ1) is 7.77. The van der Waals surface area contributed by atoms with Gasteiger partial charge in [-0.1, -0.05) is 6.92 Å². The van der Waals surface area contributed by atoms with Gasteiger partial charge in [-0.15, -0.1) is 0 Å². The van der Waals surface area contributed by atoms with E-state index in [-0.39, 0.29) is 11.8 Å². The van der Waals surface area contributed by atoms with Crippen molar-refractivity contribution in [1.29, 1.82) is 0 Å². The third-order valence-corrected chi connectivity index (χ3v) is 3.30. The smallest absolute Gasteiger partial charge is 0.210 e. The average molecular weight is 167 g/mol. The molecule has 0 bridgehead atoms. The fourth-order valence-corrected chi connectivity index (χ4v) is 2.48. The van der Waals surface area contributed by atoms with E-state index >= 15 is 0 Å². The second-order valence-electron chi connectivity index (χ2n) is 3.93. The van der Waals surface area contributed by atoms with Gasteiger partial charge in [-0.2, -0.15) is 0 Å². The Bertz CT molecular complexity index is 239. The lowest BCUT2D eigenvalue weighted by Gasteiger charge is -2.21. The molecule has 3 heteroatoms. The maximum atomic E-state index is 11.1. The van der Waals surface area contributed by atoms with Gasteiger partial charge in [0.2, 0.25) is 6.41 Å². The van der Waals surface area contributed by atoms with Crippen molar-refractivity contribution in [3.63, 3.8) is 0 Å². The number of hydrogen-bond acceptors (Lipinski definition) is 2. The lowest BCUT2D eigenvalue weighted by Crippen LogP contribution is -2.37. The Kier molecular flexibility index (Phi) is 1.50. The summed E-state index contributed by atoms with van der Waals surface area (Å²) in [4.78, 5) is 23.5. The number of Topliss-reactive ketones (excluding diaryl/α,β-unsaturated/α-hetero) is 1. The molecule has 0 aromatic carbocycles. The van der Waals surface area contributed by atoms with Gasteiger partial charge in [-0.3, -0.25) is 9.59 Å². The largest absolute Gasteiger partial charge is 0.332 e. The molecule has 0 radical (unpaired) electrons. The minimum Gasteiger partial charge on any atom is -0.332 e. The monoisotopic (exact) mass is 167 g/mol. The van der Waals surface area contributed by atoms with Crippen LogP contribution in [0.15, 0.2) is 0 Å². The van der Waals surface area contributed by atoms with Crippen molar-refractivity contribution in [2.45, 2.75) is 32.4 Å². The number of piperidine rings is 1. The van der Waals surface area contributed by atoms with Gasteiger partial charge in [0.05, 0.1) is 6.04 Å². The molecule has 66 valence electrons. The van der Waals surface area contributed by atoms with E-state index in [0.717, 1.165) is 12.8 Å². The number of rotatable bonds is 2. The first-order valence-corrected chi connectivity index (χ1v) is 4.40. The first-order chi connectivity index (χ1) is 5.66. The molecule has 3 nitrogen and oxygen atoms in total. The summed E-state index contributed by atoms with van der Waals surface area (Å²) in [6.07, 6.45) is 1.72. The predicted octanol–water partition coefficient (Wildman–Crippen LogP) is 0.441. The normalized spacial score (nSPS) is 44.0. The number of likely N-dealkylation sites (tertiary alicyclic amines) is 1. The number of carbonyl (C=O) groups is 2. The van der Waals surface area contributed by atoms with Crippen LogP contribution in [-0.2, 0) is 9.59 Å². The summed E-state index contributed by atoms with van der Waals surface area (Å²) < 4.78 is 0. The zero-order valence-electron chi connectivity index (χ0n) is 7.36. The van der Waals surface area contributed by atoms with Crippen LogP contribution in [0.5, 0.6) is 0 Å². The Morgan fingerprint density at radius 2 is 2.25 bits per heavy atom. The molecule has 3 unspecified atom stereocenters. The molecule has 1 saturated carbocycles. The van der Waals surface area contributed by atoms with Crippen LogP contribution in [-0.4, -0.2) is 29.2 Å². The van der Waals surface area contributed by atoms with E-state index < -0.39 is 0 Å². The second-order valence-corrected chi connectivity index (χ2v) is 3.93. The third kappa shape index (κ3) is 0.822. The molecule has 1 heterocycles. The van der Waals surface area contributed by atoms with Crippen LogP contribution in [0.25, 0.3) is 0 Å². The Labute approximate surface area is 71.7 Å². The lowest BCUT2D eigenvalue weighted by molar-refractivity contribution is -0.129. The van der Waals surface area contributed by atoms with Crippen LogP contribution >= 0.6 is 0 Å². The number of carbonyl (C=O) groups excluding carboxylic acids is 2. The van der Waals surface area contributed by atoms with Crippen LogP contribution in [0.3, 0.4) is 0 Å². The number of fused-ring (bicyclic) bond motifs is 1. The summed E-state index contributed by atoms with van der Waals surface area (Å²) in [5.74, 6) is 1.34. The van der Waals surface area contributed by atoms with Crippen molar-refractivity contribution in [1.82, 2.24) is 4.90 Å². The van der Waals surface area contributed by atoms with Gasteiger partial charge in [-0.25, -0.2) is 0 Å². The molecular formula is C9H13NO2. The Morgan fingerprint density at radius 3 is 2.75 bits per heavy atom. The summed E-state index contributed by atoms with van der Waals surface area (Å²) in [5.41, 5.74) is 0. The minimum atomic E-state index is -0.117. The summed E-state index contributed by atoms with van der Waals surface area (Å²) in [7, 11) is 0. The van der Waals surface area contributed by atoms with Gasteiger partial charge >= 0.3 is 0 Å². The summed E-state index contributed by atoms with van der Waals surface area (Å²) in [6.45, 7) is 3.71. The van der Waals surface area contributed by atoms with Crippen LogP contribution < -0.4 is 0 Å². The van der Waals surface area contributed by atoms with Gasteiger partial charge in [0.1, 0.15) is 0 Å². The molecule has 4 atom stereocenters. The van der Waals surface area contributed by atoms with E-state index in [1.54, 1.807) is 11.8 Å². The van der Waals surface area contributed by atoms with Gasteiger partial charge in [0.25, 0.3) is 0 Å².